The summed E-state index contributed by atoms with van der Waals surface area (Å²) in [5.74, 6) is -0.0725. The van der Waals surface area contributed by atoms with Crippen molar-refractivity contribution in [1.29, 1.82) is 0 Å². The van der Waals surface area contributed by atoms with Gasteiger partial charge in [-0.25, -0.2) is 0 Å². The Morgan fingerprint density at radius 1 is 1.15 bits per heavy atom. The van der Waals surface area contributed by atoms with E-state index in [4.69, 9.17) is 32.7 Å². The molecule has 0 bridgehead atoms. The number of anilines is 1. The molecule has 1 fully saturated rings. The zero-order valence-electron chi connectivity index (χ0n) is 18.1. The molecule has 0 N–H and O–H groups in total. The van der Waals surface area contributed by atoms with Crippen LogP contribution >= 0.6 is 39.1 Å². The summed E-state index contributed by atoms with van der Waals surface area (Å²) in [4.78, 5) is 31.5. The normalized spacial score (nSPS) is 17.3. The Morgan fingerprint density at radius 2 is 1.82 bits per heavy atom. The third kappa shape index (κ3) is 5.63. The molecule has 33 heavy (non-hydrogen) atoms. The molecule has 2 aliphatic heterocycles. The first-order chi connectivity index (χ1) is 15.8. The average molecular weight is 557 g/mol. The number of benzene rings is 2. The van der Waals surface area contributed by atoms with E-state index in [9.17, 15) is 9.59 Å². The number of nitrogens with zero attached hydrogens (tertiary/aromatic N) is 3. The molecule has 0 radical (unpaired) electrons. The molecule has 2 amide bonds. The van der Waals surface area contributed by atoms with E-state index < -0.39 is 0 Å². The van der Waals surface area contributed by atoms with Crippen molar-refractivity contribution in [2.24, 2.45) is 0 Å². The first-order valence-corrected chi connectivity index (χ1v) is 12.1. The maximum Gasteiger partial charge on any atom is 0.265 e. The number of fused-ring (bicyclic) bond motifs is 1. The lowest BCUT2D eigenvalue weighted by Crippen LogP contribution is -2.48. The van der Waals surface area contributed by atoms with Crippen LogP contribution in [-0.2, 0) is 14.3 Å². The zero-order valence-corrected chi connectivity index (χ0v) is 21.2. The molecule has 2 aromatic carbocycles. The maximum absolute atomic E-state index is 13.4. The van der Waals surface area contributed by atoms with Crippen molar-refractivity contribution >= 4 is 56.6 Å². The molecule has 0 unspecified atom stereocenters. The molecule has 2 aliphatic rings. The van der Waals surface area contributed by atoms with Gasteiger partial charge in [-0.05, 0) is 23.8 Å². The number of ether oxygens (including phenoxy) is 2. The van der Waals surface area contributed by atoms with Gasteiger partial charge in [-0.15, -0.1) is 0 Å². The van der Waals surface area contributed by atoms with Crippen LogP contribution in [0, 0.1) is 0 Å². The molecule has 10 heteroatoms. The van der Waals surface area contributed by atoms with E-state index in [1.807, 2.05) is 24.3 Å². The van der Waals surface area contributed by atoms with Gasteiger partial charge in [0.1, 0.15) is 12.3 Å². The lowest BCUT2D eigenvalue weighted by atomic mass is 10.0. The molecule has 2 heterocycles. The predicted octanol–water partition coefficient (Wildman–Crippen LogP) is 4.01. The second kappa shape index (κ2) is 10.6. The van der Waals surface area contributed by atoms with Crippen molar-refractivity contribution in [3.05, 3.63) is 56.5 Å². The van der Waals surface area contributed by atoms with Crippen molar-refractivity contribution in [2.45, 2.75) is 6.04 Å². The highest BCUT2D eigenvalue weighted by Crippen LogP contribution is 2.39. The maximum atomic E-state index is 13.4. The third-order valence-corrected chi connectivity index (χ3v) is 7.14. The molecule has 2 aromatic rings. The van der Waals surface area contributed by atoms with E-state index in [-0.39, 0.29) is 31.0 Å². The lowest BCUT2D eigenvalue weighted by molar-refractivity contribution is -0.133. The van der Waals surface area contributed by atoms with Crippen LogP contribution < -0.4 is 9.64 Å². The van der Waals surface area contributed by atoms with Gasteiger partial charge in [0.2, 0.25) is 5.91 Å². The molecule has 7 nitrogen and oxygen atoms in total. The van der Waals surface area contributed by atoms with Crippen LogP contribution in [0.2, 0.25) is 10.0 Å². The summed E-state index contributed by atoms with van der Waals surface area (Å²) in [5, 5.41) is 0.619. The van der Waals surface area contributed by atoms with Gasteiger partial charge in [-0.1, -0.05) is 51.3 Å². The lowest BCUT2D eigenvalue weighted by Gasteiger charge is -2.37. The molecule has 0 aliphatic carbocycles. The predicted molar refractivity (Wildman–Crippen MR) is 131 cm³/mol. The van der Waals surface area contributed by atoms with Crippen LogP contribution in [0.4, 0.5) is 5.69 Å². The van der Waals surface area contributed by atoms with Gasteiger partial charge < -0.3 is 14.4 Å². The summed E-state index contributed by atoms with van der Waals surface area (Å²) in [7, 11) is 1.77. The monoisotopic (exact) mass is 555 g/mol. The SMILES string of the molecule is CN(C(=O)CN1C(=O)COc2cc(Cl)c(Cl)cc21)[C@@H](CN1CCOCC1)c1ccc(Br)cc1. The highest BCUT2D eigenvalue weighted by atomic mass is 79.9. The number of carbonyl (C=O) groups excluding carboxylic acids is 2. The first-order valence-electron chi connectivity index (χ1n) is 10.6. The van der Waals surface area contributed by atoms with Crippen LogP contribution in [0.15, 0.2) is 40.9 Å². The molecule has 0 spiro atoms. The quantitative estimate of drug-likeness (QED) is 0.538. The Kier molecular flexibility index (Phi) is 7.81. The first kappa shape index (κ1) is 24.3. The molecule has 0 saturated carbocycles. The number of morpholine rings is 1. The van der Waals surface area contributed by atoms with E-state index in [0.717, 1.165) is 23.1 Å². The Labute approximate surface area is 211 Å². The fourth-order valence-corrected chi connectivity index (χ4v) is 4.53. The summed E-state index contributed by atoms with van der Waals surface area (Å²) >= 11 is 15.7. The number of likely N-dealkylation sites (N-methyl/N-ethyl adjacent to an activating group) is 1. The number of halogens is 3. The Hall–Kier alpha value is -1.84. The summed E-state index contributed by atoms with van der Waals surface area (Å²) < 4.78 is 11.9. The third-order valence-electron chi connectivity index (χ3n) is 5.89. The average Bonchev–Trinajstić information content (AvgIpc) is 2.81. The van der Waals surface area contributed by atoms with Gasteiger partial charge in [-0.2, -0.15) is 0 Å². The van der Waals surface area contributed by atoms with Crippen LogP contribution in [0.1, 0.15) is 11.6 Å². The van der Waals surface area contributed by atoms with E-state index in [0.29, 0.717) is 41.2 Å². The largest absolute Gasteiger partial charge is 0.482 e. The summed E-state index contributed by atoms with van der Waals surface area (Å²) in [5.41, 5.74) is 1.46. The highest BCUT2D eigenvalue weighted by molar-refractivity contribution is 9.10. The second-order valence-corrected chi connectivity index (χ2v) is 9.72. The summed E-state index contributed by atoms with van der Waals surface area (Å²) in [6.45, 7) is 3.35. The minimum absolute atomic E-state index is 0.125. The minimum atomic E-state index is -0.309. The summed E-state index contributed by atoms with van der Waals surface area (Å²) in [6.07, 6.45) is 0. The molecule has 0 aromatic heterocycles. The molecule has 4 rings (SSSR count). The minimum Gasteiger partial charge on any atom is -0.482 e. The van der Waals surface area contributed by atoms with Gasteiger partial charge in [-0.3, -0.25) is 19.4 Å². The molecule has 1 atom stereocenters. The Bertz CT molecular complexity index is 1030. The standard InChI is InChI=1S/C23H24BrCl2N3O4/c1-27(20(12-28-6-8-32-9-7-28)15-2-4-16(24)5-3-15)22(30)13-29-19-10-17(25)18(26)11-21(19)33-14-23(29)31/h2-5,10-11,20H,6-9,12-14H2,1H3/t20-/m0/s1. The summed E-state index contributed by atoms with van der Waals surface area (Å²) in [6, 6.07) is 10.9. The second-order valence-electron chi connectivity index (χ2n) is 7.99. The number of rotatable bonds is 6. The molecular weight excluding hydrogens is 533 g/mol. The van der Waals surface area contributed by atoms with E-state index in [2.05, 4.69) is 20.8 Å². The van der Waals surface area contributed by atoms with Crippen molar-refractivity contribution in [1.82, 2.24) is 9.80 Å². The van der Waals surface area contributed by atoms with Crippen molar-refractivity contribution in [3.8, 4) is 5.75 Å². The highest BCUT2D eigenvalue weighted by Gasteiger charge is 2.32. The van der Waals surface area contributed by atoms with Gasteiger partial charge in [0.05, 0.1) is 35.0 Å². The molecular formula is C23H24BrCl2N3O4. The van der Waals surface area contributed by atoms with Crippen LogP contribution in [0.5, 0.6) is 5.75 Å². The van der Waals surface area contributed by atoms with Gasteiger partial charge in [0.25, 0.3) is 5.91 Å². The molecule has 1 saturated heterocycles. The van der Waals surface area contributed by atoms with Crippen molar-refractivity contribution in [3.63, 3.8) is 0 Å². The smallest absolute Gasteiger partial charge is 0.265 e. The van der Waals surface area contributed by atoms with Crippen molar-refractivity contribution < 1.29 is 19.1 Å². The van der Waals surface area contributed by atoms with E-state index in [1.165, 1.54) is 4.90 Å². The number of amides is 2. The van der Waals surface area contributed by atoms with Gasteiger partial charge in [0.15, 0.2) is 6.61 Å². The van der Waals surface area contributed by atoms with Crippen LogP contribution in [0.3, 0.4) is 0 Å². The van der Waals surface area contributed by atoms with Gasteiger partial charge >= 0.3 is 0 Å². The Balaban J connectivity index is 1.57. The fraction of sp³-hybridized carbons (Fsp3) is 0.391. The zero-order chi connectivity index (χ0) is 23.5. The molecule has 176 valence electrons. The number of carbonyl (C=O) groups is 2. The van der Waals surface area contributed by atoms with E-state index in [1.54, 1.807) is 24.1 Å². The van der Waals surface area contributed by atoms with Crippen molar-refractivity contribution in [2.75, 3.05) is 57.9 Å². The van der Waals surface area contributed by atoms with Crippen LogP contribution in [-0.4, -0.2) is 74.7 Å². The number of hydrogen-bond donors (Lipinski definition) is 0. The van der Waals surface area contributed by atoms with Crippen LogP contribution in [0.25, 0.3) is 0 Å². The van der Waals surface area contributed by atoms with Gasteiger partial charge in [0, 0.05) is 37.2 Å². The number of hydrogen-bond acceptors (Lipinski definition) is 5. The topological polar surface area (TPSA) is 62.3 Å². The Morgan fingerprint density at radius 3 is 2.52 bits per heavy atom. The van der Waals surface area contributed by atoms with E-state index >= 15 is 0 Å². The fourth-order valence-electron chi connectivity index (χ4n) is 3.96.